The number of anilines is 1. The van der Waals surface area contributed by atoms with E-state index in [0.717, 1.165) is 12.1 Å². The minimum atomic E-state index is -0.767. The van der Waals surface area contributed by atoms with Crippen molar-refractivity contribution in [2.24, 2.45) is 0 Å². The second kappa shape index (κ2) is 8.08. The summed E-state index contributed by atoms with van der Waals surface area (Å²) in [6, 6.07) is 13.7. The first-order valence-corrected chi connectivity index (χ1v) is 9.52. The van der Waals surface area contributed by atoms with Gasteiger partial charge >= 0.3 is 0 Å². The molecular weight excluding hydrogens is 440 g/mol. The van der Waals surface area contributed by atoms with Gasteiger partial charge in [-0.3, -0.25) is 25.0 Å². The number of nitro benzene ring substituents is 2. The third-order valence-electron chi connectivity index (χ3n) is 4.76. The molecule has 10 nitrogen and oxygen atoms in total. The number of oxazole rings is 1. The van der Waals surface area contributed by atoms with Gasteiger partial charge in [0.05, 0.1) is 26.0 Å². The van der Waals surface area contributed by atoms with Crippen LogP contribution in [0.25, 0.3) is 22.6 Å². The second-order valence-electron chi connectivity index (χ2n) is 6.79. The molecule has 0 saturated carbocycles. The van der Waals surface area contributed by atoms with Crippen molar-refractivity contribution < 1.29 is 19.1 Å². The van der Waals surface area contributed by atoms with E-state index in [1.165, 1.54) is 6.92 Å². The van der Waals surface area contributed by atoms with Gasteiger partial charge < -0.3 is 9.73 Å². The number of nitrogens with zero attached hydrogens (tertiary/aromatic N) is 3. The highest BCUT2D eigenvalue weighted by molar-refractivity contribution is 6.33. The fourth-order valence-electron chi connectivity index (χ4n) is 3.15. The molecule has 4 aromatic rings. The second-order valence-corrected chi connectivity index (χ2v) is 7.20. The normalized spacial score (nSPS) is 10.8. The van der Waals surface area contributed by atoms with Crippen LogP contribution in [0.2, 0.25) is 5.02 Å². The number of hydrogen-bond donors (Lipinski definition) is 1. The van der Waals surface area contributed by atoms with Crippen LogP contribution in [0.5, 0.6) is 0 Å². The highest BCUT2D eigenvalue weighted by atomic mass is 35.5. The average Bonchev–Trinajstić information content (AvgIpc) is 3.16. The van der Waals surface area contributed by atoms with Crippen LogP contribution in [0, 0.1) is 27.2 Å². The van der Waals surface area contributed by atoms with E-state index >= 15 is 0 Å². The first-order valence-electron chi connectivity index (χ1n) is 9.15. The van der Waals surface area contributed by atoms with E-state index in [0.29, 0.717) is 33.3 Å². The number of nitrogens with one attached hydrogen (secondary N) is 1. The minimum absolute atomic E-state index is 0.132. The van der Waals surface area contributed by atoms with Gasteiger partial charge in [-0.05, 0) is 37.3 Å². The topological polar surface area (TPSA) is 141 Å². The summed E-state index contributed by atoms with van der Waals surface area (Å²) in [5.74, 6) is -0.441. The summed E-state index contributed by atoms with van der Waals surface area (Å²) in [6.07, 6.45) is 0. The molecule has 1 heterocycles. The van der Waals surface area contributed by atoms with Gasteiger partial charge in [-0.2, -0.15) is 0 Å². The van der Waals surface area contributed by atoms with Gasteiger partial charge in [-0.15, -0.1) is 0 Å². The van der Waals surface area contributed by atoms with Gasteiger partial charge in [-0.1, -0.05) is 23.7 Å². The number of halogens is 1. The van der Waals surface area contributed by atoms with Crippen molar-refractivity contribution in [2.75, 3.05) is 5.32 Å². The third kappa shape index (κ3) is 3.86. The van der Waals surface area contributed by atoms with Crippen molar-refractivity contribution in [3.05, 3.63) is 91.0 Å². The van der Waals surface area contributed by atoms with E-state index in [-0.39, 0.29) is 11.1 Å². The molecule has 0 bridgehead atoms. The quantitative estimate of drug-likeness (QED) is 0.310. The summed E-state index contributed by atoms with van der Waals surface area (Å²) < 4.78 is 5.72. The number of amides is 1. The van der Waals surface area contributed by atoms with Crippen molar-refractivity contribution in [3.8, 4) is 11.5 Å². The molecule has 1 amide bonds. The van der Waals surface area contributed by atoms with Crippen LogP contribution in [0.4, 0.5) is 17.1 Å². The van der Waals surface area contributed by atoms with E-state index in [1.807, 2.05) is 0 Å². The highest BCUT2D eigenvalue weighted by Gasteiger charge is 2.25. The van der Waals surface area contributed by atoms with Crippen LogP contribution >= 0.6 is 11.6 Å². The number of carbonyl (C=O) groups is 1. The molecule has 0 radical (unpaired) electrons. The maximum Gasteiger partial charge on any atom is 0.279 e. The Morgan fingerprint density at radius 2 is 1.69 bits per heavy atom. The highest BCUT2D eigenvalue weighted by Crippen LogP contribution is 2.32. The predicted molar refractivity (Wildman–Crippen MR) is 117 cm³/mol. The molecule has 0 fully saturated rings. The van der Waals surface area contributed by atoms with Crippen LogP contribution < -0.4 is 5.32 Å². The molecular formula is C21H13ClN4O6. The number of benzene rings is 3. The molecule has 0 aliphatic heterocycles. The number of hydrogen-bond acceptors (Lipinski definition) is 7. The first-order chi connectivity index (χ1) is 15.2. The zero-order valence-electron chi connectivity index (χ0n) is 16.4. The zero-order valence-corrected chi connectivity index (χ0v) is 17.1. The molecule has 160 valence electrons. The van der Waals surface area contributed by atoms with E-state index in [2.05, 4.69) is 10.3 Å². The Balaban J connectivity index is 1.66. The molecule has 1 aromatic heterocycles. The van der Waals surface area contributed by atoms with Gasteiger partial charge in [0, 0.05) is 17.8 Å². The molecule has 0 saturated heterocycles. The fraction of sp³-hybridized carbons (Fsp3) is 0.0476. The number of fused-ring (bicyclic) bond motifs is 1. The molecule has 0 aliphatic carbocycles. The summed E-state index contributed by atoms with van der Waals surface area (Å²) in [7, 11) is 0. The third-order valence-corrected chi connectivity index (χ3v) is 5.09. The van der Waals surface area contributed by atoms with Crippen LogP contribution in [-0.4, -0.2) is 20.7 Å². The molecule has 0 atom stereocenters. The van der Waals surface area contributed by atoms with E-state index < -0.39 is 27.1 Å². The molecule has 11 heteroatoms. The smallest absolute Gasteiger partial charge is 0.279 e. The lowest BCUT2D eigenvalue weighted by molar-refractivity contribution is -0.395. The fourth-order valence-corrected chi connectivity index (χ4v) is 3.37. The first kappa shape index (κ1) is 20.9. The summed E-state index contributed by atoms with van der Waals surface area (Å²) >= 11 is 6.18. The average molecular weight is 453 g/mol. The van der Waals surface area contributed by atoms with Crippen LogP contribution in [0.3, 0.4) is 0 Å². The maximum absolute atomic E-state index is 12.7. The Morgan fingerprint density at radius 3 is 2.31 bits per heavy atom. The van der Waals surface area contributed by atoms with Crippen LogP contribution in [0.15, 0.2) is 59.0 Å². The number of nitro groups is 2. The molecule has 4 rings (SSSR count). The Labute approximate surface area is 184 Å². The summed E-state index contributed by atoms with van der Waals surface area (Å²) in [5, 5.41) is 25.5. The van der Waals surface area contributed by atoms with Crippen molar-refractivity contribution in [3.63, 3.8) is 0 Å². The number of carbonyl (C=O) groups excluding carboxylic acids is 1. The van der Waals surface area contributed by atoms with Gasteiger partial charge in [-0.25, -0.2) is 4.98 Å². The van der Waals surface area contributed by atoms with E-state index in [4.69, 9.17) is 16.0 Å². The minimum Gasteiger partial charge on any atom is -0.436 e. The monoisotopic (exact) mass is 452 g/mol. The molecule has 0 aliphatic rings. The van der Waals surface area contributed by atoms with Crippen molar-refractivity contribution in [1.29, 1.82) is 0 Å². The largest absolute Gasteiger partial charge is 0.436 e. The zero-order chi connectivity index (χ0) is 23.0. The lowest BCUT2D eigenvalue weighted by Gasteiger charge is -2.06. The molecule has 0 unspecified atom stereocenters. The Bertz CT molecular complexity index is 1380. The van der Waals surface area contributed by atoms with E-state index in [1.54, 1.807) is 42.5 Å². The standard InChI is InChI=1S/C21H13ClN4O6/c1-11-17(25(28)29)8-12(9-18(11)26(30)31)20(27)23-13-6-7-19-16(10-13)24-21(32-19)14-4-2-3-5-15(14)22/h2-10H,1H3,(H,23,27). The van der Waals surface area contributed by atoms with Crippen molar-refractivity contribution in [1.82, 2.24) is 4.98 Å². The Hall–Kier alpha value is -4.31. The summed E-state index contributed by atoms with van der Waals surface area (Å²) in [5.41, 5.74) is 0.459. The van der Waals surface area contributed by atoms with Gasteiger partial charge in [0.1, 0.15) is 11.1 Å². The number of aromatic nitrogens is 1. The Morgan fingerprint density at radius 1 is 1.03 bits per heavy atom. The predicted octanol–water partition coefficient (Wildman–Crippen LogP) is 5.53. The summed E-state index contributed by atoms with van der Waals surface area (Å²) in [6.45, 7) is 1.26. The Kier molecular flexibility index (Phi) is 5.29. The van der Waals surface area contributed by atoms with Crippen LogP contribution in [-0.2, 0) is 0 Å². The van der Waals surface area contributed by atoms with Gasteiger partial charge in [0.25, 0.3) is 17.3 Å². The molecule has 1 N–H and O–H groups in total. The number of rotatable bonds is 5. The summed E-state index contributed by atoms with van der Waals surface area (Å²) in [4.78, 5) is 38.0. The molecule has 3 aromatic carbocycles. The van der Waals surface area contributed by atoms with Crippen molar-refractivity contribution >= 4 is 45.7 Å². The lowest BCUT2D eigenvalue weighted by atomic mass is 10.1. The van der Waals surface area contributed by atoms with E-state index in [9.17, 15) is 25.0 Å². The van der Waals surface area contributed by atoms with Gasteiger partial charge in [0.2, 0.25) is 5.89 Å². The van der Waals surface area contributed by atoms with Crippen molar-refractivity contribution in [2.45, 2.75) is 6.92 Å². The van der Waals surface area contributed by atoms with Gasteiger partial charge in [0.15, 0.2) is 5.58 Å². The molecule has 0 spiro atoms. The SMILES string of the molecule is Cc1c([N+](=O)[O-])cc(C(=O)Nc2ccc3oc(-c4ccccc4Cl)nc3c2)cc1[N+](=O)[O-]. The molecule has 32 heavy (non-hydrogen) atoms. The lowest BCUT2D eigenvalue weighted by Crippen LogP contribution is -2.13. The van der Waals surface area contributed by atoms with Crippen LogP contribution in [0.1, 0.15) is 15.9 Å². The maximum atomic E-state index is 12.7.